The minimum absolute atomic E-state index is 0.104. The van der Waals surface area contributed by atoms with E-state index in [0.29, 0.717) is 5.75 Å². The fourth-order valence-corrected chi connectivity index (χ4v) is 1.18. The summed E-state index contributed by atoms with van der Waals surface area (Å²) in [6.07, 6.45) is 0. The maximum Gasteiger partial charge on any atom is 0.136 e. The first kappa shape index (κ1) is 11.1. The van der Waals surface area contributed by atoms with E-state index in [0.717, 1.165) is 0 Å². The zero-order chi connectivity index (χ0) is 11.4. The quantitative estimate of drug-likeness (QED) is 0.753. The molecule has 0 saturated carbocycles. The van der Waals surface area contributed by atoms with Gasteiger partial charge in [-0.25, -0.2) is 4.39 Å². The van der Waals surface area contributed by atoms with E-state index >= 15 is 0 Å². The Bertz CT molecular complexity index is 446. The van der Waals surface area contributed by atoms with Crippen LogP contribution in [-0.4, -0.2) is 7.11 Å². The van der Waals surface area contributed by atoms with Crippen molar-refractivity contribution in [2.75, 3.05) is 7.11 Å². The number of methoxy groups -OCH3 is 1. The van der Waals surface area contributed by atoms with Gasteiger partial charge in [0, 0.05) is 0 Å². The van der Waals surface area contributed by atoms with E-state index in [1.54, 1.807) is 6.07 Å². The first-order valence-electron chi connectivity index (χ1n) is 4.31. The van der Waals surface area contributed by atoms with E-state index in [1.807, 2.05) is 6.07 Å². The van der Waals surface area contributed by atoms with Gasteiger partial charge in [0.05, 0.1) is 30.0 Å². The summed E-state index contributed by atoms with van der Waals surface area (Å²) in [6, 6.07) is 6.26. The van der Waals surface area contributed by atoms with Gasteiger partial charge in [-0.1, -0.05) is 6.07 Å². The second-order valence-corrected chi connectivity index (χ2v) is 2.97. The topological polar surface area (TPSA) is 59.0 Å². The van der Waals surface area contributed by atoms with E-state index < -0.39 is 5.82 Å². The van der Waals surface area contributed by atoms with Crippen molar-refractivity contribution >= 4 is 5.70 Å². The lowest BCUT2D eigenvalue weighted by molar-refractivity contribution is 0.409. The Morgan fingerprint density at radius 3 is 2.73 bits per heavy atom. The van der Waals surface area contributed by atoms with Gasteiger partial charge in [-0.2, -0.15) is 5.26 Å². The minimum atomic E-state index is -0.499. The van der Waals surface area contributed by atoms with Crippen LogP contribution in [0, 0.1) is 17.1 Å². The number of ether oxygens (including phenoxy) is 1. The molecule has 0 unspecified atom stereocenters. The molecule has 0 heterocycles. The van der Waals surface area contributed by atoms with E-state index in [-0.39, 0.29) is 16.8 Å². The second kappa shape index (κ2) is 4.47. The molecule has 0 spiro atoms. The molecular weight excluding hydrogens is 195 g/mol. The van der Waals surface area contributed by atoms with Gasteiger partial charge in [0.2, 0.25) is 0 Å². The smallest absolute Gasteiger partial charge is 0.136 e. The summed E-state index contributed by atoms with van der Waals surface area (Å²) in [5.41, 5.74) is 6.17. The molecule has 0 aliphatic rings. The molecule has 4 heteroatoms. The molecule has 0 aliphatic carbocycles. The highest BCUT2D eigenvalue weighted by molar-refractivity contribution is 5.73. The molecule has 0 radical (unpaired) electrons. The fourth-order valence-electron chi connectivity index (χ4n) is 1.18. The number of nitrogens with zero attached hydrogens (tertiary/aromatic N) is 1. The average Bonchev–Trinajstić information content (AvgIpc) is 2.26. The number of benzene rings is 1. The summed E-state index contributed by atoms with van der Waals surface area (Å²) < 4.78 is 18.5. The van der Waals surface area contributed by atoms with Crippen molar-refractivity contribution in [1.82, 2.24) is 0 Å². The molecule has 0 amide bonds. The van der Waals surface area contributed by atoms with Gasteiger partial charge < -0.3 is 10.5 Å². The van der Waals surface area contributed by atoms with Gasteiger partial charge in [0.1, 0.15) is 11.6 Å². The second-order valence-electron chi connectivity index (χ2n) is 2.97. The summed E-state index contributed by atoms with van der Waals surface area (Å²) in [5, 5.41) is 8.67. The van der Waals surface area contributed by atoms with Crippen molar-refractivity contribution in [2.45, 2.75) is 6.92 Å². The van der Waals surface area contributed by atoms with Crippen LogP contribution in [0.5, 0.6) is 5.75 Å². The van der Waals surface area contributed by atoms with Gasteiger partial charge in [-0.05, 0) is 19.1 Å². The van der Waals surface area contributed by atoms with Gasteiger partial charge >= 0.3 is 0 Å². The summed E-state index contributed by atoms with van der Waals surface area (Å²) in [5.74, 6) is -0.177. The van der Waals surface area contributed by atoms with Gasteiger partial charge in [-0.3, -0.25) is 0 Å². The van der Waals surface area contributed by atoms with Crippen molar-refractivity contribution in [3.8, 4) is 11.8 Å². The highest BCUT2D eigenvalue weighted by Crippen LogP contribution is 2.27. The minimum Gasteiger partial charge on any atom is -0.496 e. The molecule has 0 saturated heterocycles. The van der Waals surface area contributed by atoms with Crippen molar-refractivity contribution in [2.24, 2.45) is 5.73 Å². The Labute approximate surface area is 87.6 Å². The van der Waals surface area contributed by atoms with Crippen molar-refractivity contribution in [3.63, 3.8) is 0 Å². The third kappa shape index (κ3) is 2.08. The maximum atomic E-state index is 13.5. The van der Waals surface area contributed by atoms with E-state index in [2.05, 4.69) is 0 Å². The fraction of sp³-hybridized carbons (Fsp3) is 0.182. The third-order valence-electron chi connectivity index (χ3n) is 2.04. The molecule has 1 aromatic carbocycles. The van der Waals surface area contributed by atoms with Crippen molar-refractivity contribution in [3.05, 3.63) is 35.2 Å². The van der Waals surface area contributed by atoms with E-state index in [9.17, 15) is 4.39 Å². The summed E-state index contributed by atoms with van der Waals surface area (Å²) in [4.78, 5) is 0. The van der Waals surface area contributed by atoms with Crippen LogP contribution in [0.3, 0.4) is 0 Å². The Morgan fingerprint density at radius 2 is 2.20 bits per heavy atom. The molecular formula is C11H11FN2O. The largest absolute Gasteiger partial charge is 0.496 e. The lowest BCUT2D eigenvalue weighted by atomic mass is 10.1. The molecule has 0 fully saturated rings. The number of hydrogen-bond acceptors (Lipinski definition) is 3. The number of rotatable bonds is 2. The van der Waals surface area contributed by atoms with Crippen LogP contribution in [-0.2, 0) is 0 Å². The van der Waals surface area contributed by atoms with Crippen LogP contribution in [0.1, 0.15) is 12.5 Å². The Morgan fingerprint density at radius 1 is 1.53 bits per heavy atom. The first-order chi connectivity index (χ1) is 7.11. The summed E-state index contributed by atoms with van der Waals surface area (Å²) >= 11 is 0. The molecule has 15 heavy (non-hydrogen) atoms. The number of allylic oxidation sites excluding steroid dienone is 1. The van der Waals surface area contributed by atoms with Crippen molar-refractivity contribution < 1.29 is 9.13 Å². The highest BCUT2D eigenvalue weighted by Gasteiger charge is 2.13. The van der Waals surface area contributed by atoms with Crippen LogP contribution >= 0.6 is 0 Å². The van der Waals surface area contributed by atoms with Crippen LogP contribution in [0.2, 0.25) is 0 Å². The Kier molecular flexibility index (Phi) is 3.29. The Hall–Kier alpha value is -2.02. The van der Waals surface area contributed by atoms with Gasteiger partial charge in [-0.15, -0.1) is 0 Å². The number of halogens is 1. The Balaban J connectivity index is 3.44. The molecule has 78 valence electrons. The molecule has 0 atom stereocenters. The number of nitriles is 1. The lowest BCUT2D eigenvalue weighted by Crippen LogP contribution is -2.04. The molecule has 0 aliphatic heterocycles. The predicted molar refractivity (Wildman–Crippen MR) is 55.3 cm³/mol. The monoisotopic (exact) mass is 206 g/mol. The van der Waals surface area contributed by atoms with Gasteiger partial charge in [0.15, 0.2) is 0 Å². The van der Waals surface area contributed by atoms with Crippen LogP contribution in [0.4, 0.5) is 4.39 Å². The molecule has 2 N–H and O–H groups in total. The maximum absolute atomic E-state index is 13.5. The zero-order valence-electron chi connectivity index (χ0n) is 8.54. The normalized spacial score (nSPS) is 11.6. The molecule has 0 aromatic heterocycles. The van der Waals surface area contributed by atoms with Crippen molar-refractivity contribution in [1.29, 1.82) is 5.26 Å². The van der Waals surface area contributed by atoms with E-state index in [4.69, 9.17) is 15.7 Å². The molecule has 1 rings (SSSR count). The lowest BCUT2D eigenvalue weighted by Gasteiger charge is -2.09. The third-order valence-corrected chi connectivity index (χ3v) is 2.04. The SMILES string of the molecule is COc1cccc(F)c1/C(N)=C(/C)C#N. The number of nitrogens with two attached hydrogens (primary N) is 1. The van der Waals surface area contributed by atoms with Crippen LogP contribution < -0.4 is 10.5 Å². The molecule has 1 aromatic rings. The van der Waals surface area contributed by atoms with E-state index in [1.165, 1.54) is 26.2 Å². The zero-order valence-corrected chi connectivity index (χ0v) is 8.54. The van der Waals surface area contributed by atoms with Crippen LogP contribution in [0.25, 0.3) is 5.70 Å². The molecule has 0 bridgehead atoms. The molecule has 3 nitrogen and oxygen atoms in total. The number of hydrogen-bond donors (Lipinski definition) is 1. The highest BCUT2D eigenvalue weighted by atomic mass is 19.1. The standard InChI is InChI=1S/C11H11FN2O/c1-7(6-13)11(14)10-8(12)4-3-5-9(10)15-2/h3-5H,14H2,1-2H3/b11-7+. The summed E-state index contributed by atoms with van der Waals surface area (Å²) in [6.45, 7) is 1.53. The summed E-state index contributed by atoms with van der Waals surface area (Å²) in [7, 11) is 1.42. The predicted octanol–water partition coefficient (Wildman–Crippen LogP) is 2.05. The first-order valence-corrected chi connectivity index (χ1v) is 4.31. The average molecular weight is 206 g/mol. The van der Waals surface area contributed by atoms with Crippen LogP contribution in [0.15, 0.2) is 23.8 Å². The van der Waals surface area contributed by atoms with Gasteiger partial charge in [0.25, 0.3) is 0 Å².